The van der Waals surface area contributed by atoms with Gasteiger partial charge < -0.3 is 19.5 Å². The normalized spacial score (nSPS) is 11.4. The van der Waals surface area contributed by atoms with Crippen molar-refractivity contribution in [2.24, 2.45) is 12.0 Å². The minimum atomic E-state index is -0.256. The van der Waals surface area contributed by atoms with Crippen molar-refractivity contribution >= 4 is 5.96 Å². The van der Waals surface area contributed by atoms with Gasteiger partial charge in [0.2, 0.25) is 0 Å². The average molecular weight is 346 g/mol. The third-order valence-corrected chi connectivity index (χ3v) is 3.79. The summed E-state index contributed by atoms with van der Waals surface area (Å²) in [5.41, 5.74) is 1.23. The summed E-state index contributed by atoms with van der Waals surface area (Å²) in [6.07, 6.45) is 2.84. The predicted octanol–water partition coefficient (Wildman–Crippen LogP) is 3.03. The maximum atomic E-state index is 12.8. The van der Waals surface area contributed by atoms with E-state index < -0.39 is 0 Å². The second kappa shape index (κ2) is 9.71. The first-order valence-electron chi connectivity index (χ1n) is 8.58. The molecule has 0 saturated heterocycles. The first-order chi connectivity index (χ1) is 12.1. The van der Waals surface area contributed by atoms with Crippen LogP contribution in [0.4, 0.5) is 4.39 Å². The number of guanidine groups is 1. The smallest absolute Gasteiger partial charge is 0.194 e. The van der Waals surface area contributed by atoms with Crippen molar-refractivity contribution in [2.75, 3.05) is 26.7 Å². The molecule has 5 nitrogen and oxygen atoms in total. The Labute approximate surface area is 149 Å². The number of ether oxygens (including phenoxy) is 1. The predicted molar refractivity (Wildman–Crippen MR) is 99.4 cm³/mol. The minimum Gasteiger partial charge on any atom is -0.494 e. The highest BCUT2D eigenvalue weighted by atomic mass is 19.1. The third-order valence-electron chi connectivity index (χ3n) is 3.79. The van der Waals surface area contributed by atoms with E-state index in [1.54, 1.807) is 12.1 Å². The van der Waals surface area contributed by atoms with Gasteiger partial charge in [0.15, 0.2) is 5.96 Å². The molecule has 1 N–H and O–H groups in total. The van der Waals surface area contributed by atoms with Gasteiger partial charge in [0.25, 0.3) is 0 Å². The Morgan fingerprint density at radius 3 is 2.68 bits per heavy atom. The number of nitrogens with one attached hydrogen (secondary N) is 1. The molecule has 1 aromatic carbocycles. The molecule has 0 bridgehead atoms. The van der Waals surface area contributed by atoms with Crippen LogP contribution in [0.2, 0.25) is 0 Å². The number of rotatable bonds is 8. The van der Waals surface area contributed by atoms with Gasteiger partial charge in [-0.2, -0.15) is 0 Å². The van der Waals surface area contributed by atoms with Crippen molar-refractivity contribution in [1.29, 1.82) is 0 Å². The summed E-state index contributed by atoms with van der Waals surface area (Å²) in [4.78, 5) is 6.76. The van der Waals surface area contributed by atoms with Gasteiger partial charge in [-0.15, -0.1) is 0 Å². The van der Waals surface area contributed by atoms with Crippen molar-refractivity contribution in [3.63, 3.8) is 0 Å². The van der Waals surface area contributed by atoms with Gasteiger partial charge in [0.1, 0.15) is 11.6 Å². The SMILES string of the molecule is CCNC(=NCCCOc1ccc(F)cc1)N(C)Cc1cccn1C. The number of nitrogens with zero attached hydrogens (tertiary/aromatic N) is 3. The summed E-state index contributed by atoms with van der Waals surface area (Å²) < 4.78 is 20.5. The van der Waals surface area contributed by atoms with Gasteiger partial charge in [0, 0.05) is 45.5 Å². The van der Waals surface area contributed by atoms with Gasteiger partial charge in [-0.1, -0.05) is 0 Å². The van der Waals surface area contributed by atoms with Crippen LogP contribution in [0.25, 0.3) is 0 Å². The summed E-state index contributed by atoms with van der Waals surface area (Å²) in [6, 6.07) is 10.2. The molecule has 2 aromatic rings. The Morgan fingerprint density at radius 2 is 2.04 bits per heavy atom. The molecule has 1 heterocycles. The summed E-state index contributed by atoms with van der Waals surface area (Å²) in [5.74, 6) is 1.30. The number of benzene rings is 1. The molecule has 0 unspecified atom stereocenters. The molecule has 0 aliphatic heterocycles. The van der Waals surface area contributed by atoms with Gasteiger partial charge in [-0.3, -0.25) is 4.99 Å². The monoisotopic (exact) mass is 346 g/mol. The molecular formula is C19H27FN4O. The van der Waals surface area contributed by atoms with Gasteiger partial charge in [0.05, 0.1) is 13.2 Å². The lowest BCUT2D eigenvalue weighted by atomic mass is 10.3. The molecule has 0 amide bonds. The van der Waals surface area contributed by atoms with Crippen LogP contribution in [0, 0.1) is 5.82 Å². The van der Waals surface area contributed by atoms with E-state index in [-0.39, 0.29) is 5.82 Å². The van der Waals surface area contributed by atoms with Crippen LogP contribution in [0.15, 0.2) is 47.6 Å². The van der Waals surface area contributed by atoms with Crippen LogP contribution in [-0.2, 0) is 13.6 Å². The van der Waals surface area contributed by atoms with Gasteiger partial charge >= 0.3 is 0 Å². The number of halogens is 1. The molecule has 0 spiro atoms. The molecule has 136 valence electrons. The quantitative estimate of drug-likeness (QED) is 0.454. The molecule has 0 atom stereocenters. The second-order valence-corrected chi connectivity index (χ2v) is 5.86. The summed E-state index contributed by atoms with van der Waals surface area (Å²) >= 11 is 0. The van der Waals surface area contributed by atoms with E-state index in [2.05, 4.69) is 32.8 Å². The Morgan fingerprint density at radius 1 is 1.28 bits per heavy atom. The molecule has 0 fully saturated rings. The van der Waals surface area contributed by atoms with E-state index in [0.29, 0.717) is 18.9 Å². The van der Waals surface area contributed by atoms with E-state index in [0.717, 1.165) is 25.5 Å². The average Bonchev–Trinajstić information content (AvgIpc) is 3.00. The molecule has 6 heteroatoms. The molecule has 0 saturated carbocycles. The van der Waals surface area contributed by atoms with Crippen LogP contribution in [-0.4, -0.2) is 42.2 Å². The molecule has 0 radical (unpaired) electrons. The van der Waals surface area contributed by atoms with E-state index in [1.165, 1.54) is 17.8 Å². The van der Waals surface area contributed by atoms with Crippen LogP contribution < -0.4 is 10.1 Å². The maximum absolute atomic E-state index is 12.8. The van der Waals surface area contributed by atoms with Crippen LogP contribution in [0.5, 0.6) is 5.75 Å². The standard InChI is InChI=1S/C19H27FN4O/c1-4-21-19(24(3)15-17-7-5-13-23(17)2)22-12-6-14-25-18-10-8-16(20)9-11-18/h5,7-11,13H,4,6,12,14-15H2,1-3H3,(H,21,22). The Bertz CT molecular complexity index is 666. The van der Waals surface area contributed by atoms with E-state index in [1.807, 2.05) is 26.4 Å². The minimum absolute atomic E-state index is 0.256. The van der Waals surface area contributed by atoms with Crippen molar-refractivity contribution < 1.29 is 9.13 Å². The molecule has 0 aliphatic carbocycles. The van der Waals surface area contributed by atoms with E-state index in [4.69, 9.17) is 4.74 Å². The van der Waals surface area contributed by atoms with Crippen LogP contribution in [0.3, 0.4) is 0 Å². The highest BCUT2D eigenvalue weighted by Crippen LogP contribution is 2.11. The zero-order valence-corrected chi connectivity index (χ0v) is 15.2. The number of hydrogen-bond donors (Lipinski definition) is 1. The van der Waals surface area contributed by atoms with Crippen LogP contribution >= 0.6 is 0 Å². The van der Waals surface area contributed by atoms with Crippen LogP contribution in [0.1, 0.15) is 19.0 Å². The largest absolute Gasteiger partial charge is 0.494 e. The number of hydrogen-bond acceptors (Lipinski definition) is 2. The van der Waals surface area contributed by atoms with Crippen molar-refractivity contribution in [3.8, 4) is 5.75 Å². The van der Waals surface area contributed by atoms with Crippen molar-refractivity contribution in [3.05, 3.63) is 54.1 Å². The lowest BCUT2D eigenvalue weighted by Crippen LogP contribution is -2.39. The van der Waals surface area contributed by atoms with E-state index >= 15 is 0 Å². The van der Waals surface area contributed by atoms with Gasteiger partial charge in [-0.25, -0.2) is 4.39 Å². The fraction of sp³-hybridized carbons (Fsp3) is 0.421. The van der Waals surface area contributed by atoms with Gasteiger partial charge in [-0.05, 0) is 43.3 Å². The number of aryl methyl sites for hydroxylation is 1. The van der Waals surface area contributed by atoms with E-state index in [9.17, 15) is 4.39 Å². The topological polar surface area (TPSA) is 41.8 Å². The summed E-state index contributed by atoms with van der Waals surface area (Å²) in [6.45, 7) is 4.89. The highest BCUT2D eigenvalue weighted by molar-refractivity contribution is 5.79. The lowest BCUT2D eigenvalue weighted by Gasteiger charge is -2.22. The van der Waals surface area contributed by atoms with Crippen molar-refractivity contribution in [2.45, 2.75) is 19.9 Å². The zero-order valence-electron chi connectivity index (χ0n) is 15.2. The third kappa shape index (κ3) is 6.14. The zero-order chi connectivity index (χ0) is 18.1. The molecule has 2 rings (SSSR count). The highest BCUT2D eigenvalue weighted by Gasteiger charge is 2.08. The fourth-order valence-electron chi connectivity index (χ4n) is 2.42. The maximum Gasteiger partial charge on any atom is 0.194 e. The lowest BCUT2D eigenvalue weighted by molar-refractivity contribution is 0.312. The number of aliphatic imine (C=N–C) groups is 1. The molecule has 0 aliphatic rings. The molecule has 1 aromatic heterocycles. The fourth-order valence-corrected chi connectivity index (χ4v) is 2.42. The van der Waals surface area contributed by atoms with Crippen molar-refractivity contribution in [1.82, 2.24) is 14.8 Å². The Hall–Kier alpha value is -2.50. The molecule has 25 heavy (non-hydrogen) atoms. The summed E-state index contributed by atoms with van der Waals surface area (Å²) in [5, 5.41) is 3.31. The Kier molecular flexibility index (Phi) is 7.32. The first-order valence-corrected chi connectivity index (χ1v) is 8.58. The molecular weight excluding hydrogens is 319 g/mol. The summed E-state index contributed by atoms with van der Waals surface area (Å²) in [7, 11) is 4.07. The second-order valence-electron chi connectivity index (χ2n) is 5.86. The first kappa shape index (κ1) is 18.8. The number of aromatic nitrogens is 1. The Balaban J connectivity index is 1.80.